The normalized spacial score (nSPS) is 10.6. The Morgan fingerprint density at radius 1 is 1.38 bits per heavy atom. The summed E-state index contributed by atoms with van der Waals surface area (Å²) >= 11 is 5.90. The summed E-state index contributed by atoms with van der Waals surface area (Å²) in [7, 11) is 0. The van der Waals surface area contributed by atoms with Gasteiger partial charge in [-0.3, -0.25) is 0 Å². The van der Waals surface area contributed by atoms with E-state index in [9.17, 15) is 0 Å². The van der Waals surface area contributed by atoms with Gasteiger partial charge in [-0.2, -0.15) is 4.98 Å². The van der Waals surface area contributed by atoms with Crippen LogP contribution >= 0.6 is 11.6 Å². The summed E-state index contributed by atoms with van der Waals surface area (Å²) in [5, 5.41) is 13.1. The molecule has 6 heteroatoms. The Hall–Kier alpha value is -1.59. The number of halogens is 1. The van der Waals surface area contributed by atoms with Crippen LogP contribution in [0.2, 0.25) is 5.02 Å². The number of aliphatic hydroxyl groups excluding tert-OH is 1. The van der Waals surface area contributed by atoms with Crippen molar-refractivity contribution in [2.45, 2.75) is 0 Å². The maximum absolute atomic E-state index is 8.76. The Bertz CT molecular complexity index is 517. The molecule has 1 heterocycles. The molecule has 0 radical (unpaired) electrons. The van der Waals surface area contributed by atoms with Crippen molar-refractivity contribution in [2.75, 3.05) is 24.2 Å². The number of nitrogens with zero attached hydrogens (tertiary/aromatic N) is 2. The van der Waals surface area contributed by atoms with Gasteiger partial charge in [0.1, 0.15) is 5.82 Å². The molecule has 0 unspecified atom stereocenters. The number of rotatable bonds is 3. The highest BCUT2D eigenvalue weighted by Crippen LogP contribution is 2.24. The van der Waals surface area contributed by atoms with Gasteiger partial charge in [0, 0.05) is 17.0 Å². The van der Waals surface area contributed by atoms with E-state index in [4.69, 9.17) is 22.4 Å². The van der Waals surface area contributed by atoms with E-state index in [-0.39, 0.29) is 12.6 Å². The molecule has 0 saturated carbocycles. The highest BCUT2D eigenvalue weighted by atomic mass is 35.5. The van der Waals surface area contributed by atoms with Gasteiger partial charge in [-0.1, -0.05) is 11.6 Å². The summed E-state index contributed by atoms with van der Waals surface area (Å²) in [5.41, 5.74) is 6.30. The summed E-state index contributed by atoms with van der Waals surface area (Å²) in [6, 6.07) is 5.28. The number of aromatic nitrogens is 2. The van der Waals surface area contributed by atoms with Crippen LogP contribution in [0.1, 0.15) is 0 Å². The SMILES string of the molecule is Nc1nc(NCCO)c2cc(Cl)ccc2n1. The van der Waals surface area contributed by atoms with Crippen molar-refractivity contribution >= 4 is 34.3 Å². The number of anilines is 2. The predicted octanol–water partition coefficient (Wildman–Crippen LogP) is 1.27. The molecule has 5 nitrogen and oxygen atoms in total. The molecular weight excluding hydrogens is 228 g/mol. The van der Waals surface area contributed by atoms with Crippen molar-refractivity contribution in [1.29, 1.82) is 0 Å². The molecule has 1 aromatic carbocycles. The van der Waals surface area contributed by atoms with E-state index < -0.39 is 0 Å². The third-order valence-corrected chi connectivity index (χ3v) is 2.31. The number of nitrogens with one attached hydrogen (secondary N) is 1. The van der Waals surface area contributed by atoms with Crippen LogP contribution in [-0.4, -0.2) is 28.2 Å². The van der Waals surface area contributed by atoms with Crippen molar-refractivity contribution in [3.05, 3.63) is 23.2 Å². The first-order valence-electron chi connectivity index (χ1n) is 4.78. The molecule has 2 rings (SSSR count). The summed E-state index contributed by atoms with van der Waals surface area (Å²) in [5.74, 6) is 0.773. The molecule has 0 atom stereocenters. The summed E-state index contributed by atoms with van der Waals surface area (Å²) < 4.78 is 0. The number of nitrogen functional groups attached to an aromatic ring is 1. The number of fused-ring (bicyclic) bond motifs is 1. The van der Waals surface area contributed by atoms with E-state index in [0.29, 0.717) is 17.4 Å². The Morgan fingerprint density at radius 3 is 2.94 bits per heavy atom. The van der Waals surface area contributed by atoms with E-state index in [2.05, 4.69) is 15.3 Å². The molecule has 0 aliphatic heterocycles. The third-order valence-electron chi connectivity index (χ3n) is 2.08. The molecule has 0 saturated heterocycles. The van der Waals surface area contributed by atoms with Gasteiger partial charge in [-0.15, -0.1) is 0 Å². The smallest absolute Gasteiger partial charge is 0.222 e. The van der Waals surface area contributed by atoms with Gasteiger partial charge in [0.25, 0.3) is 0 Å². The summed E-state index contributed by atoms with van der Waals surface area (Å²) in [6.45, 7) is 0.421. The zero-order valence-corrected chi connectivity index (χ0v) is 9.20. The fraction of sp³-hybridized carbons (Fsp3) is 0.200. The topological polar surface area (TPSA) is 84.1 Å². The summed E-state index contributed by atoms with van der Waals surface area (Å²) in [6.07, 6.45) is 0. The maximum Gasteiger partial charge on any atom is 0.222 e. The van der Waals surface area contributed by atoms with E-state index >= 15 is 0 Å². The second-order valence-corrected chi connectivity index (χ2v) is 3.68. The van der Waals surface area contributed by atoms with Gasteiger partial charge in [0.2, 0.25) is 5.95 Å². The van der Waals surface area contributed by atoms with Crippen LogP contribution in [0.15, 0.2) is 18.2 Å². The molecule has 84 valence electrons. The summed E-state index contributed by atoms with van der Waals surface area (Å²) in [4.78, 5) is 8.16. The van der Waals surface area contributed by atoms with E-state index in [1.165, 1.54) is 0 Å². The average Bonchev–Trinajstić information content (AvgIpc) is 2.26. The van der Waals surface area contributed by atoms with Gasteiger partial charge in [0.15, 0.2) is 0 Å². The fourth-order valence-electron chi connectivity index (χ4n) is 1.43. The van der Waals surface area contributed by atoms with Crippen molar-refractivity contribution in [1.82, 2.24) is 9.97 Å². The van der Waals surface area contributed by atoms with Crippen molar-refractivity contribution in [2.24, 2.45) is 0 Å². The molecule has 16 heavy (non-hydrogen) atoms. The maximum atomic E-state index is 8.76. The van der Waals surface area contributed by atoms with Crippen LogP contribution < -0.4 is 11.1 Å². The molecule has 4 N–H and O–H groups in total. The highest BCUT2D eigenvalue weighted by Gasteiger charge is 2.06. The zero-order valence-electron chi connectivity index (χ0n) is 8.44. The monoisotopic (exact) mass is 238 g/mol. The lowest BCUT2D eigenvalue weighted by atomic mass is 10.2. The highest BCUT2D eigenvalue weighted by molar-refractivity contribution is 6.31. The zero-order chi connectivity index (χ0) is 11.5. The van der Waals surface area contributed by atoms with Crippen LogP contribution in [0.3, 0.4) is 0 Å². The Labute approximate surface area is 97.3 Å². The van der Waals surface area contributed by atoms with Gasteiger partial charge in [0.05, 0.1) is 12.1 Å². The second-order valence-electron chi connectivity index (χ2n) is 3.24. The van der Waals surface area contributed by atoms with Gasteiger partial charge in [-0.25, -0.2) is 4.98 Å². The van der Waals surface area contributed by atoms with E-state index in [0.717, 1.165) is 10.9 Å². The van der Waals surface area contributed by atoms with E-state index in [1.807, 2.05) is 0 Å². The first-order valence-corrected chi connectivity index (χ1v) is 5.16. The van der Waals surface area contributed by atoms with Crippen LogP contribution in [0.5, 0.6) is 0 Å². The molecular formula is C10H11ClN4O. The standard InChI is InChI=1S/C10H11ClN4O/c11-6-1-2-8-7(5-6)9(13-3-4-16)15-10(12)14-8/h1-2,5,16H,3-4H2,(H3,12,13,14,15). The molecule has 0 spiro atoms. The quantitative estimate of drug-likeness (QED) is 0.750. The van der Waals surface area contributed by atoms with Crippen LogP contribution in [0, 0.1) is 0 Å². The molecule has 0 amide bonds. The lowest BCUT2D eigenvalue weighted by Gasteiger charge is -2.08. The van der Waals surface area contributed by atoms with Crippen molar-refractivity contribution in [3.63, 3.8) is 0 Å². The fourth-order valence-corrected chi connectivity index (χ4v) is 1.60. The van der Waals surface area contributed by atoms with Gasteiger partial charge in [-0.05, 0) is 18.2 Å². The van der Waals surface area contributed by atoms with Crippen LogP contribution in [-0.2, 0) is 0 Å². The Balaban J connectivity index is 2.55. The van der Waals surface area contributed by atoms with E-state index in [1.54, 1.807) is 18.2 Å². The number of benzene rings is 1. The van der Waals surface area contributed by atoms with Crippen LogP contribution in [0.25, 0.3) is 10.9 Å². The molecule has 1 aromatic heterocycles. The van der Waals surface area contributed by atoms with Gasteiger partial charge < -0.3 is 16.2 Å². The molecule has 2 aromatic rings. The minimum Gasteiger partial charge on any atom is -0.395 e. The molecule has 0 bridgehead atoms. The average molecular weight is 239 g/mol. The van der Waals surface area contributed by atoms with Crippen LogP contribution in [0.4, 0.5) is 11.8 Å². The first kappa shape index (κ1) is 10.9. The second kappa shape index (κ2) is 4.51. The molecule has 0 aliphatic rings. The predicted molar refractivity (Wildman–Crippen MR) is 64.5 cm³/mol. The Kier molecular flexibility index (Phi) is 3.07. The third kappa shape index (κ3) is 2.15. The molecule has 0 fully saturated rings. The van der Waals surface area contributed by atoms with Crippen molar-refractivity contribution < 1.29 is 5.11 Å². The first-order chi connectivity index (χ1) is 7.70. The van der Waals surface area contributed by atoms with Crippen molar-refractivity contribution in [3.8, 4) is 0 Å². The number of hydrogen-bond acceptors (Lipinski definition) is 5. The van der Waals surface area contributed by atoms with Gasteiger partial charge >= 0.3 is 0 Å². The minimum atomic E-state index is 0.0198. The lowest BCUT2D eigenvalue weighted by molar-refractivity contribution is 0.311. The lowest BCUT2D eigenvalue weighted by Crippen LogP contribution is -2.09. The Morgan fingerprint density at radius 2 is 2.19 bits per heavy atom. The largest absolute Gasteiger partial charge is 0.395 e. The minimum absolute atomic E-state index is 0.0198. The molecule has 0 aliphatic carbocycles. The number of hydrogen-bond donors (Lipinski definition) is 3. The number of nitrogens with two attached hydrogens (primary N) is 1. The number of aliphatic hydroxyl groups is 1.